The van der Waals surface area contributed by atoms with Crippen LogP contribution in [0.1, 0.15) is 19.3 Å². The van der Waals surface area contributed by atoms with Gasteiger partial charge in [-0.2, -0.15) is 0 Å². The normalized spacial score (nSPS) is 23.2. The average Bonchev–Trinajstić information content (AvgIpc) is 2.56. The van der Waals surface area contributed by atoms with Gasteiger partial charge in [-0.15, -0.1) is 13.2 Å². The molecular weight excluding hydrogens is 360 g/mol. The van der Waals surface area contributed by atoms with E-state index in [1.54, 1.807) is 0 Å². The van der Waals surface area contributed by atoms with Crippen molar-refractivity contribution in [1.29, 1.82) is 0 Å². The molecule has 1 aliphatic carbocycles. The Bertz CT molecular complexity index is 647. The van der Waals surface area contributed by atoms with E-state index in [1.165, 1.54) is 0 Å². The monoisotopic (exact) mass is 378 g/mol. The highest BCUT2D eigenvalue weighted by Gasteiger charge is 2.33. The van der Waals surface area contributed by atoms with Gasteiger partial charge < -0.3 is 19.3 Å². The third-order valence-corrected chi connectivity index (χ3v) is 3.91. The Balaban J connectivity index is 1.90. The third-order valence-electron chi connectivity index (χ3n) is 3.91. The maximum absolute atomic E-state index is 13.7. The molecule has 0 bridgehead atoms. The van der Waals surface area contributed by atoms with Crippen LogP contribution in [0.4, 0.5) is 17.6 Å². The first-order chi connectivity index (χ1) is 12.2. The highest BCUT2D eigenvalue weighted by Crippen LogP contribution is 2.31. The van der Waals surface area contributed by atoms with Crippen LogP contribution in [0.2, 0.25) is 0 Å². The van der Waals surface area contributed by atoms with Gasteiger partial charge in [0.15, 0.2) is 11.6 Å². The van der Waals surface area contributed by atoms with Crippen molar-refractivity contribution in [1.82, 2.24) is 0 Å². The summed E-state index contributed by atoms with van der Waals surface area (Å²) in [5.74, 6) is -2.79. The van der Waals surface area contributed by atoms with Crippen LogP contribution in [-0.2, 0) is 9.53 Å². The summed E-state index contributed by atoms with van der Waals surface area (Å²) in [6, 6.07) is 2.71. The molecule has 144 valence electrons. The lowest BCUT2D eigenvalue weighted by Crippen LogP contribution is -2.39. The van der Waals surface area contributed by atoms with Crippen LogP contribution in [0.15, 0.2) is 30.9 Å². The summed E-state index contributed by atoms with van der Waals surface area (Å²) in [5.41, 5.74) is 0. The number of esters is 1. The maximum Gasteiger partial charge on any atom is 0.573 e. The maximum atomic E-state index is 13.7. The molecular formula is C17H18F4O5. The van der Waals surface area contributed by atoms with E-state index in [0.29, 0.717) is 19.3 Å². The van der Waals surface area contributed by atoms with Gasteiger partial charge in [0.05, 0.1) is 12.7 Å². The van der Waals surface area contributed by atoms with Crippen molar-refractivity contribution >= 4 is 5.97 Å². The van der Waals surface area contributed by atoms with E-state index in [4.69, 9.17) is 9.47 Å². The molecule has 9 heteroatoms. The third kappa shape index (κ3) is 5.91. The van der Waals surface area contributed by atoms with Crippen LogP contribution in [0.25, 0.3) is 0 Å². The second-order valence-corrected chi connectivity index (χ2v) is 5.88. The number of aliphatic hydroxyl groups is 1. The standard InChI is InChI=1S/C17H18F4O5/c1-2-16(23)24-9-10-3-5-15(13(22)7-10)25-11-4-6-14(12(18)8-11)26-17(19,20)21/h2,4,6,8,10,13,15,22H,1,3,5,7,9H2. The summed E-state index contributed by atoms with van der Waals surface area (Å²) < 4.78 is 64.0. The Morgan fingerprint density at radius 2 is 2.08 bits per heavy atom. The highest BCUT2D eigenvalue weighted by atomic mass is 19.4. The zero-order chi connectivity index (χ0) is 19.3. The molecule has 1 fully saturated rings. The van der Waals surface area contributed by atoms with E-state index < -0.39 is 36.1 Å². The van der Waals surface area contributed by atoms with Crippen LogP contribution in [0.3, 0.4) is 0 Å². The summed E-state index contributed by atoms with van der Waals surface area (Å²) in [6.45, 7) is 3.43. The van der Waals surface area contributed by atoms with Crippen molar-refractivity contribution in [3.8, 4) is 11.5 Å². The number of halogens is 4. The summed E-state index contributed by atoms with van der Waals surface area (Å²) in [6.07, 6.45) is -4.14. The van der Waals surface area contributed by atoms with Crippen LogP contribution >= 0.6 is 0 Å². The molecule has 0 aliphatic heterocycles. The fourth-order valence-corrected chi connectivity index (χ4v) is 2.69. The Morgan fingerprint density at radius 1 is 1.35 bits per heavy atom. The van der Waals surface area contributed by atoms with Gasteiger partial charge in [-0.3, -0.25) is 0 Å². The van der Waals surface area contributed by atoms with Crippen molar-refractivity contribution in [3.05, 3.63) is 36.7 Å². The van der Waals surface area contributed by atoms with Gasteiger partial charge in [-0.05, 0) is 37.3 Å². The Morgan fingerprint density at radius 3 is 2.65 bits per heavy atom. The summed E-state index contributed by atoms with van der Waals surface area (Å²) in [4.78, 5) is 11.0. The molecule has 26 heavy (non-hydrogen) atoms. The van der Waals surface area contributed by atoms with Crippen LogP contribution in [-0.4, -0.2) is 36.3 Å². The molecule has 1 aliphatic rings. The topological polar surface area (TPSA) is 65.0 Å². The lowest BCUT2D eigenvalue weighted by Gasteiger charge is -2.33. The molecule has 3 atom stereocenters. The number of aliphatic hydroxyl groups excluding tert-OH is 1. The van der Waals surface area contributed by atoms with Crippen LogP contribution in [0.5, 0.6) is 11.5 Å². The predicted octanol–water partition coefficient (Wildman–Crippen LogP) is 3.36. The van der Waals surface area contributed by atoms with Crippen molar-refractivity contribution < 1.29 is 41.7 Å². The predicted molar refractivity (Wildman–Crippen MR) is 82.0 cm³/mol. The highest BCUT2D eigenvalue weighted by molar-refractivity contribution is 5.81. The molecule has 3 unspecified atom stereocenters. The number of rotatable bonds is 6. The fourth-order valence-electron chi connectivity index (χ4n) is 2.69. The van der Waals surface area contributed by atoms with E-state index >= 15 is 0 Å². The summed E-state index contributed by atoms with van der Waals surface area (Å²) in [5, 5.41) is 10.1. The average molecular weight is 378 g/mol. The molecule has 0 heterocycles. The minimum atomic E-state index is -4.99. The lowest BCUT2D eigenvalue weighted by atomic mass is 9.86. The lowest BCUT2D eigenvalue weighted by molar-refractivity contribution is -0.275. The molecule has 0 radical (unpaired) electrons. The minimum Gasteiger partial charge on any atom is -0.488 e. The molecule has 0 amide bonds. The number of benzene rings is 1. The van der Waals surface area contributed by atoms with Gasteiger partial charge in [0.25, 0.3) is 0 Å². The number of hydrogen-bond acceptors (Lipinski definition) is 5. The second kappa shape index (κ2) is 8.39. The zero-order valence-electron chi connectivity index (χ0n) is 13.7. The summed E-state index contributed by atoms with van der Waals surface area (Å²) in [7, 11) is 0. The van der Waals surface area contributed by atoms with Crippen molar-refractivity contribution in [2.24, 2.45) is 5.92 Å². The molecule has 0 saturated heterocycles. The molecule has 1 N–H and O–H groups in total. The Labute approximate surface area is 147 Å². The van der Waals surface area contributed by atoms with Gasteiger partial charge in [0, 0.05) is 12.1 Å². The molecule has 2 rings (SSSR count). The van der Waals surface area contributed by atoms with E-state index in [-0.39, 0.29) is 18.3 Å². The number of ether oxygens (including phenoxy) is 3. The van der Waals surface area contributed by atoms with Crippen LogP contribution in [0, 0.1) is 11.7 Å². The second-order valence-electron chi connectivity index (χ2n) is 5.88. The Kier molecular flexibility index (Phi) is 6.47. The quantitative estimate of drug-likeness (QED) is 0.467. The first-order valence-corrected chi connectivity index (χ1v) is 7.87. The molecule has 5 nitrogen and oxygen atoms in total. The molecule has 0 spiro atoms. The first-order valence-electron chi connectivity index (χ1n) is 7.87. The first kappa shape index (κ1) is 20.0. The van der Waals surface area contributed by atoms with E-state index in [0.717, 1.165) is 24.3 Å². The zero-order valence-corrected chi connectivity index (χ0v) is 13.7. The van der Waals surface area contributed by atoms with Gasteiger partial charge >= 0.3 is 12.3 Å². The molecule has 0 aromatic heterocycles. The molecule has 1 saturated carbocycles. The van der Waals surface area contributed by atoms with Gasteiger partial charge in [-0.1, -0.05) is 6.58 Å². The number of hydrogen-bond donors (Lipinski definition) is 1. The van der Waals surface area contributed by atoms with E-state index in [2.05, 4.69) is 11.3 Å². The van der Waals surface area contributed by atoms with E-state index in [9.17, 15) is 27.5 Å². The number of carbonyl (C=O) groups excluding carboxylic acids is 1. The SMILES string of the molecule is C=CC(=O)OCC1CCC(Oc2ccc(OC(F)(F)F)c(F)c2)C(O)C1. The number of carbonyl (C=O) groups is 1. The molecule has 1 aromatic carbocycles. The van der Waals surface area contributed by atoms with Gasteiger partial charge in [0.2, 0.25) is 0 Å². The van der Waals surface area contributed by atoms with Crippen LogP contribution < -0.4 is 9.47 Å². The van der Waals surface area contributed by atoms with Crippen molar-refractivity contribution in [2.75, 3.05) is 6.61 Å². The molecule has 1 aromatic rings. The minimum absolute atomic E-state index is 0.0161. The Hall–Kier alpha value is -2.29. The number of alkyl halides is 3. The van der Waals surface area contributed by atoms with Crippen molar-refractivity contribution in [2.45, 2.75) is 37.8 Å². The summed E-state index contributed by atoms with van der Waals surface area (Å²) >= 11 is 0. The largest absolute Gasteiger partial charge is 0.573 e. The van der Waals surface area contributed by atoms with Crippen molar-refractivity contribution in [3.63, 3.8) is 0 Å². The van der Waals surface area contributed by atoms with E-state index in [1.807, 2.05) is 0 Å². The fraction of sp³-hybridized carbons (Fsp3) is 0.471. The van der Waals surface area contributed by atoms with Gasteiger partial charge in [0.1, 0.15) is 11.9 Å². The smallest absolute Gasteiger partial charge is 0.488 e. The van der Waals surface area contributed by atoms with Gasteiger partial charge in [-0.25, -0.2) is 9.18 Å².